The highest BCUT2D eigenvalue weighted by Crippen LogP contribution is 2.33. The molecule has 0 spiro atoms. The van der Waals surface area contributed by atoms with Gasteiger partial charge in [0, 0.05) is 35.3 Å². The molecule has 0 aliphatic heterocycles. The topological polar surface area (TPSA) is 117 Å². The van der Waals surface area contributed by atoms with Crippen LogP contribution in [-0.2, 0) is 13.2 Å². The fourth-order valence-electron chi connectivity index (χ4n) is 3.76. The standard InChI is InChI=1S/C28H24Cl2N4O4/c1-38-25-14-19(13-18(15-35)21(25)16-36)33-28-20(6-4-12-32-28)24(37)10-9-17-5-3-11-31-27(17)34-23-8-2-7-22(29)26(23)30/h2-14,35-36H,15-16H2,1H3,(H,31,34)(H,32,33). The summed E-state index contributed by atoms with van der Waals surface area (Å²) >= 11 is 12.4. The van der Waals surface area contributed by atoms with Crippen LogP contribution in [0.5, 0.6) is 5.75 Å². The maximum Gasteiger partial charge on any atom is 0.189 e. The molecule has 0 fully saturated rings. The fraction of sp³-hybridized carbons (Fsp3) is 0.107. The Hall–Kier alpha value is -3.95. The molecule has 0 radical (unpaired) electrons. The first-order valence-corrected chi connectivity index (χ1v) is 12.2. The van der Waals surface area contributed by atoms with E-state index in [0.29, 0.717) is 61.1 Å². The molecule has 8 nitrogen and oxygen atoms in total. The smallest absolute Gasteiger partial charge is 0.189 e. The van der Waals surface area contributed by atoms with Crippen molar-refractivity contribution >= 4 is 58.1 Å². The maximum atomic E-state index is 13.2. The number of rotatable bonds is 10. The van der Waals surface area contributed by atoms with Crippen molar-refractivity contribution in [3.8, 4) is 5.75 Å². The molecule has 2 aromatic heterocycles. The van der Waals surface area contributed by atoms with Gasteiger partial charge in [-0.2, -0.15) is 0 Å². The minimum absolute atomic E-state index is 0.286. The summed E-state index contributed by atoms with van der Waals surface area (Å²) in [6.45, 7) is -0.577. The number of aliphatic hydroxyl groups is 2. The predicted molar refractivity (Wildman–Crippen MR) is 150 cm³/mol. The lowest BCUT2D eigenvalue weighted by Gasteiger charge is -2.15. The number of benzene rings is 2. The molecular weight excluding hydrogens is 527 g/mol. The molecule has 2 aromatic carbocycles. The number of anilines is 4. The minimum Gasteiger partial charge on any atom is -0.496 e. The Morgan fingerprint density at radius 2 is 1.74 bits per heavy atom. The Balaban J connectivity index is 1.60. The largest absolute Gasteiger partial charge is 0.496 e. The zero-order valence-corrected chi connectivity index (χ0v) is 21.8. The molecule has 0 saturated heterocycles. The predicted octanol–water partition coefficient (Wildman–Crippen LogP) is 6.16. The van der Waals surface area contributed by atoms with E-state index >= 15 is 0 Å². The number of nitrogens with one attached hydrogen (secondary N) is 2. The van der Waals surface area contributed by atoms with Crippen molar-refractivity contribution in [2.24, 2.45) is 0 Å². The van der Waals surface area contributed by atoms with Crippen molar-refractivity contribution in [2.45, 2.75) is 13.2 Å². The first-order valence-electron chi connectivity index (χ1n) is 11.5. The average Bonchev–Trinajstić information content (AvgIpc) is 2.94. The molecule has 4 N–H and O–H groups in total. The number of methoxy groups -OCH3 is 1. The van der Waals surface area contributed by atoms with Gasteiger partial charge in [-0.3, -0.25) is 4.79 Å². The van der Waals surface area contributed by atoms with Crippen LogP contribution in [0.2, 0.25) is 10.0 Å². The van der Waals surface area contributed by atoms with E-state index in [-0.39, 0.29) is 19.0 Å². The Bertz CT molecular complexity index is 1470. The SMILES string of the molecule is COc1cc(Nc2ncccc2C(=O)C=Cc2cccnc2Nc2cccc(Cl)c2Cl)cc(CO)c1CO. The minimum atomic E-state index is -0.294. The van der Waals surface area contributed by atoms with Gasteiger partial charge in [0.05, 0.1) is 41.6 Å². The van der Waals surface area contributed by atoms with Crippen LogP contribution in [0.3, 0.4) is 0 Å². The van der Waals surface area contributed by atoms with Gasteiger partial charge >= 0.3 is 0 Å². The number of halogens is 2. The summed E-state index contributed by atoms with van der Waals surface area (Å²) in [5, 5.41) is 26.4. The quantitative estimate of drug-likeness (QED) is 0.137. The third-order valence-electron chi connectivity index (χ3n) is 5.64. The number of aliphatic hydroxyl groups excluding tert-OH is 2. The van der Waals surface area contributed by atoms with Gasteiger partial charge < -0.3 is 25.6 Å². The van der Waals surface area contributed by atoms with Crippen molar-refractivity contribution < 1.29 is 19.7 Å². The van der Waals surface area contributed by atoms with E-state index in [4.69, 9.17) is 27.9 Å². The lowest BCUT2D eigenvalue weighted by molar-refractivity contribution is 0.104. The first kappa shape index (κ1) is 27.1. The Labute approximate surface area is 229 Å². The molecule has 0 bridgehead atoms. The number of ether oxygens (including phenoxy) is 1. The maximum absolute atomic E-state index is 13.2. The molecule has 0 atom stereocenters. The van der Waals surface area contributed by atoms with Gasteiger partial charge in [-0.25, -0.2) is 9.97 Å². The average molecular weight is 551 g/mol. The van der Waals surface area contributed by atoms with Crippen molar-refractivity contribution in [1.82, 2.24) is 9.97 Å². The highest BCUT2D eigenvalue weighted by atomic mass is 35.5. The van der Waals surface area contributed by atoms with E-state index in [1.807, 2.05) is 6.07 Å². The van der Waals surface area contributed by atoms with E-state index in [1.165, 1.54) is 13.2 Å². The highest BCUT2D eigenvalue weighted by Gasteiger charge is 2.15. The van der Waals surface area contributed by atoms with Gasteiger partial charge in [-0.15, -0.1) is 0 Å². The monoisotopic (exact) mass is 550 g/mol. The molecule has 0 aliphatic rings. The molecule has 2 heterocycles. The van der Waals surface area contributed by atoms with Crippen molar-refractivity contribution in [2.75, 3.05) is 17.7 Å². The summed E-state index contributed by atoms with van der Waals surface area (Å²) in [7, 11) is 1.47. The van der Waals surface area contributed by atoms with E-state index in [9.17, 15) is 15.0 Å². The van der Waals surface area contributed by atoms with Gasteiger partial charge in [0.2, 0.25) is 0 Å². The molecular formula is C28H24Cl2N4O4. The molecule has 194 valence electrons. The summed E-state index contributed by atoms with van der Waals surface area (Å²) in [6.07, 6.45) is 6.27. The molecule has 4 aromatic rings. The Morgan fingerprint density at radius 3 is 2.47 bits per heavy atom. The number of carbonyl (C=O) groups is 1. The van der Waals surface area contributed by atoms with Crippen molar-refractivity contribution in [1.29, 1.82) is 0 Å². The molecule has 0 unspecified atom stereocenters. The number of ketones is 1. The number of hydrogen-bond donors (Lipinski definition) is 4. The summed E-state index contributed by atoms with van der Waals surface area (Å²) in [6, 6.07) is 15.5. The molecule has 0 aliphatic carbocycles. The van der Waals surface area contributed by atoms with Gasteiger partial charge in [0.1, 0.15) is 17.4 Å². The number of aromatic nitrogens is 2. The van der Waals surface area contributed by atoms with Crippen LogP contribution < -0.4 is 15.4 Å². The number of allylic oxidation sites excluding steroid dienone is 1. The van der Waals surface area contributed by atoms with Gasteiger partial charge in [0.15, 0.2) is 5.78 Å². The van der Waals surface area contributed by atoms with Crippen molar-refractivity contribution in [3.63, 3.8) is 0 Å². The second kappa shape index (κ2) is 12.5. The molecule has 0 saturated carbocycles. The van der Waals surface area contributed by atoms with Gasteiger partial charge in [-0.05, 0) is 60.2 Å². The molecule has 10 heteroatoms. The van der Waals surface area contributed by atoms with E-state index in [2.05, 4.69) is 20.6 Å². The van der Waals surface area contributed by atoms with Crippen LogP contribution in [0.25, 0.3) is 6.08 Å². The summed E-state index contributed by atoms with van der Waals surface area (Å²) < 4.78 is 5.35. The van der Waals surface area contributed by atoms with Crippen LogP contribution in [-0.4, -0.2) is 33.1 Å². The highest BCUT2D eigenvalue weighted by molar-refractivity contribution is 6.43. The zero-order valence-electron chi connectivity index (χ0n) is 20.3. The number of nitrogens with zero attached hydrogens (tertiary/aromatic N) is 2. The van der Waals surface area contributed by atoms with E-state index in [0.717, 1.165) is 0 Å². The Kier molecular flexibility index (Phi) is 8.93. The second-order valence-corrected chi connectivity index (χ2v) is 8.81. The molecule has 38 heavy (non-hydrogen) atoms. The molecule has 0 amide bonds. The molecule has 4 rings (SSSR count). The van der Waals surface area contributed by atoms with E-state index in [1.54, 1.807) is 67.0 Å². The third-order valence-corrected chi connectivity index (χ3v) is 6.46. The zero-order chi connectivity index (χ0) is 27.1. The van der Waals surface area contributed by atoms with Crippen LogP contribution in [0.1, 0.15) is 27.0 Å². The number of carbonyl (C=O) groups excluding carboxylic acids is 1. The van der Waals surface area contributed by atoms with Gasteiger partial charge in [-0.1, -0.05) is 29.3 Å². The summed E-state index contributed by atoms with van der Waals surface area (Å²) in [4.78, 5) is 21.9. The van der Waals surface area contributed by atoms with Crippen LogP contribution in [0.4, 0.5) is 23.0 Å². The second-order valence-electron chi connectivity index (χ2n) is 8.02. The lowest BCUT2D eigenvalue weighted by Crippen LogP contribution is -2.05. The van der Waals surface area contributed by atoms with Crippen LogP contribution in [0, 0.1) is 0 Å². The van der Waals surface area contributed by atoms with E-state index < -0.39 is 0 Å². The summed E-state index contributed by atoms with van der Waals surface area (Å²) in [5.74, 6) is 0.928. The first-order chi connectivity index (χ1) is 18.4. The van der Waals surface area contributed by atoms with Crippen LogP contribution in [0.15, 0.2) is 73.1 Å². The third kappa shape index (κ3) is 6.12. The lowest BCUT2D eigenvalue weighted by atomic mass is 10.1. The van der Waals surface area contributed by atoms with Crippen molar-refractivity contribution in [3.05, 3.63) is 105 Å². The number of hydrogen-bond acceptors (Lipinski definition) is 8. The summed E-state index contributed by atoms with van der Waals surface area (Å²) in [5.41, 5.74) is 3.10. The number of pyridine rings is 2. The van der Waals surface area contributed by atoms with Gasteiger partial charge in [0.25, 0.3) is 0 Å². The Morgan fingerprint density at radius 1 is 0.974 bits per heavy atom. The fourth-order valence-corrected chi connectivity index (χ4v) is 4.11. The van der Waals surface area contributed by atoms with Crippen LogP contribution >= 0.6 is 23.2 Å². The normalized spacial score (nSPS) is 11.0.